The summed E-state index contributed by atoms with van der Waals surface area (Å²) in [6.45, 7) is 0. The maximum atomic E-state index is 4.78. The minimum absolute atomic E-state index is 0.139. The molecule has 0 saturated carbocycles. The second-order valence-electron chi connectivity index (χ2n) is 13.0. The van der Waals surface area contributed by atoms with Crippen LogP contribution < -0.4 is 5.32 Å². The molecule has 10 rings (SSSR count). The standard InChI is InChI=1S/C46H30N4S2/c1-2-8-37-30(6-1)7-5-11-38(37)31-14-12-29(13-15-31)32-16-17-41-42(24-32)44(34-23-36(28-48-26-34)46-50-19-21-52-46)40-10-4-3-9-39(40)43(41)33-22-35(27-47-25-33)45-49-18-20-51-45/h1-28,46,50H. The van der Waals surface area contributed by atoms with Crippen molar-refractivity contribution in [3.05, 3.63) is 175 Å². The fraction of sp³-hybridized carbons (Fsp3) is 0.0217. The van der Waals surface area contributed by atoms with E-state index in [0.717, 1.165) is 32.8 Å². The molecule has 246 valence electrons. The third kappa shape index (κ3) is 5.35. The molecule has 1 aliphatic heterocycles. The first-order chi connectivity index (χ1) is 25.8. The van der Waals surface area contributed by atoms with E-state index in [1.54, 1.807) is 23.1 Å². The predicted molar refractivity (Wildman–Crippen MR) is 220 cm³/mol. The molecule has 0 saturated heterocycles. The molecule has 1 N–H and O–H groups in total. The van der Waals surface area contributed by atoms with Crippen LogP contribution in [0.15, 0.2) is 169 Å². The first kappa shape index (κ1) is 30.7. The van der Waals surface area contributed by atoms with E-state index in [2.05, 4.69) is 137 Å². The number of hydrogen-bond donors (Lipinski definition) is 1. The van der Waals surface area contributed by atoms with Gasteiger partial charge in [0.15, 0.2) is 0 Å². The number of rotatable bonds is 6. The quantitative estimate of drug-likeness (QED) is 0.175. The lowest BCUT2D eigenvalue weighted by Crippen LogP contribution is -2.07. The molecule has 0 radical (unpaired) electrons. The van der Waals surface area contributed by atoms with E-state index in [1.807, 2.05) is 42.6 Å². The van der Waals surface area contributed by atoms with Gasteiger partial charge < -0.3 is 5.32 Å². The highest BCUT2D eigenvalue weighted by Gasteiger charge is 2.20. The Morgan fingerprint density at radius 1 is 0.519 bits per heavy atom. The molecule has 0 fully saturated rings. The summed E-state index contributed by atoms with van der Waals surface area (Å²) in [5.41, 5.74) is 11.5. The zero-order valence-corrected chi connectivity index (χ0v) is 29.5. The Labute approximate surface area is 309 Å². The highest BCUT2D eigenvalue weighted by atomic mass is 32.2. The molecule has 6 aromatic carbocycles. The van der Waals surface area contributed by atoms with E-state index < -0.39 is 0 Å². The molecule has 52 heavy (non-hydrogen) atoms. The van der Waals surface area contributed by atoms with Crippen LogP contribution in [0.2, 0.25) is 0 Å². The normalized spacial score (nSPS) is 14.0. The molecule has 4 heterocycles. The second-order valence-corrected chi connectivity index (χ2v) is 14.9. The van der Waals surface area contributed by atoms with Crippen molar-refractivity contribution in [2.75, 3.05) is 0 Å². The largest absolute Gasteiger partial charge is 0.375 e. The van der Waals surface area contributed by atoms with Crippen LogP contribution in [0.5, 0.6) is 0 Å². The average molecular weight is 703 g/mol. The Bertz CT molecular complexity index is 2790. The number of hydrogen-bond acceptors (Lipinski definition) is 6. The van der Waals surface area contributed by atoms with Crippen molar-refractivity contribution in [1.29, 1.82) is 0 Å². The van der Waals surface area contributed by atoms with Gasteiger partial charge in [-0.15, -0.1) is 23.1 Å². The molecule has 0 amide bonds. The molecule has 1 atom stereocenters. The monoisotopic (exact) mass is 702 g/mol. The van der Waals surface area contributed by atoms with Gasteiger partial charge in [0.25, 0.3) is 0 Å². The summed E-state index contributed by atoms with van der Waals surface area (Å²) in [5.74, 6) is 0. The predicted octanol–water partition coefficient (Wildman–Crippen LogP) is 12.5. The van der Waals surface area contributed by atoms with Gasteiger partial charge in [-0.25, -0.2) is 4.98 Å². The highest BCUT2D eigenvalue weighted by Crippen LogP contribution is 2.46. The van der Waals surface area contributed by atoms with Crippen molar-refractivity contribution in [3.8, 4) is 55.1 Å². The Morgan fingerprint density at radius 3 is 1.98 bits per heavy atom. The van der Waals surface area contributed by atoms with Crippen molar-refractivity contribution in [1.82, 2.24) is 20.3 Å². The minimum atomic E-state index is 0.139. The average Bonchev–Trinajstić information content (AvgIpc) is 3.96. The molecule has 0 bridgehead atoms. The van der Waals surface area contributed by atoms with Gasteiger partial charge in [-0.1, -0.05) is 103 Å². The third-order valence-corrected chi connectivity index (χ3v) is 11.7. The van der Waals surface area contributed by atoms with E-state index in [-0.39, 0.29) is 5.37 Å². The molecule has 3 aromatic heterocycles. The number of benzene rings is 6. The zero-order valence-electron chi connectivity index (χ0n) is 27.9. The van der Waals surface area contributed by atoms with Crippen molar-refractivity contribution < 1.29 is 0 Å². The number of aromatic nitrogens is 3. The van der Waals surface area contributed by atoms with Crippen molar-refractivity contribution in [2.24, 2.45) is 0 Å². The van der Waals surface area contributed by atoms with Crippen LogP contribution in [0.25, 0.3) is 87.4 Å². The Morgan fingerprint density at radius 2 is 1.19 bits per heavy atom. The lowest BCUT2D eigenvalue weighted by molar-refractivity contribution is 0.856. The SMILES string of the molecule is C1=CSC(c2cncc(-c3c4ccccc4c(-c4cncc(-c5nccs5)c4)c4ccc(-c5ccc(-c6cccc7ccccc67)cc5)cc34)c2)N1. The van der Waals surface area contributed by atoms with Crippen LogP contribution in [0.4, 0.5) is 0 Å². The third-order valence-electron chi connectivity index (χ3n) is 9.93. The summed E-state index contributed by atoms with van der Waals surface area (Å²) in [7, 11) is 0. The topological polar surface area (TPSA) is 50.7 Å². The maximum Gasteiger partial charge on any atom is 0.124 e. The number of fused-ring (bicyclic) bond motifs is 3. The summed E-state index contributed by atoms with van der Waals surface area (Å²) in [5, 5.41) is 15.9. The van der Waals surface area contributed by atoms with Crippen LogP contribution in [0.1, 0.15) is 10.9 Å². The first-order valence-electron chi connectivity index (χ1n) is 17.2. The smallest absolute Gasteiger partial charge is 0.124 e. The number of thioether (sulfide) groups is 1. The fourth-order valence-electron chi connectivity index (χ4n) is 7.56. The van der Waals surface area contributed by atoms with Crippen LogP contribution in [0, 0.1) is 0 Å². The van der Waals surface area contributed by atoms with Gasteiger partial charge in [-0.2, -0.15) is 0 Å². The van der Waals surface area contributed by atoms with Crippen molar-refractivity contribution in [2.45, 2.75) is 5.37 Å². The number of nitrogens with one attached hydrogen (secondary N) is 1. The van der Waals surface area contributed by atoms with E-state index >= 15 is 0 Å². The van der Waals surface area contributed by atoms with Crippen molar-refractivity contribution >= 4 is 55.4 Å². The van der Waals surface area contributed by atoms with Gasteiger partial charge in [0.05, 0.1) is 0 Å². The summed E-state index contributed by atoms with van der Waals surface area (Å²) in [6.07, 6.45) is 11.7. The second kappa shape index (κ2) is 12.9. The molecule has 0 aliphatic carbocycles. The molecule has 4 nitrogen and oxygen atoms in total. The number of thiazole rings is 1. The summed E-state index contributed by atoms with van der Waals surface area (Å²) in [6, 6.07) is 44.3. The van der Waals surface area contributed by atoms with Gasteiger partial charge in [0.1, 0.15) is 10.4 Å². The molecular formula is C46H30N4S2. The van der Waals surface area contributed by atoms with E-state index in [1.165, 1.54) is 60.1 Å². The van der Waals surface area contributed by atoms with Crippen LogP contribution >= 0.6 is 23.1 Å². The zero-order chi connectivity index (χ0) is 34.4. The van der Waals surface area contributed by atoms with Gasteiger partial charge in [0, 0.05) is 64.8 Å². The summed E-state index contributed by atoms with van der Waals surface area (Å²) >= 11 is 3.39. The van der Waals surface area contributed by atoms with Crippen molar-refractivity contribution in [3.63, 3.8) is 0 Å². The van der Waals surface area contributed by atoms with E-state index in [4.69, 9.17) is 9.97 Å². The first-order valence-corrected chi connectivity index (χ1v) is 19.0. The van der Waals surface area contributed by atoms with Crippen LogP contribution in [-0.2, 0) is 0 Å². The van der Waals surface area contributed by atoms with Crippen LogP contribution in [-0.4, -0.2) is 15.0 Å². The number of nitrogens with zero attached hydrogens (tertiary/aromatic N) is 3. The molecule has 9 aromatic rings. The lowest BCUT2D eigenvalue weighted by Gasteiger charge is -2.19. The Hall–Kier alpha value is -6.08. The van der Waals surface area contributed by atoms with Gasteiger partial charge >= 0.3 is 0 Å². The summed E-state index contributed by atoms with van der Waals surface area (Å²) in [4.78, 5) is 14.1. The van der Waals surface area contributed by atoms with Gasteiger partial charge in [-0.05, 0) is 89.3 Å². The molecule has 1 aliphatic rings. The minimum Gasteiger partial charge on any atom is -0.375 e. The fourth-order valence-corrected chi connectivity index (χ4v) is 8.93. The lowest BCUT2D eigenvalue weighted by atomic mass is 9.85. The number of pyridine rings is 2. The molecular weight excluding hydrogens is 673 g/mol. The van der Waals surface area contributed by atoms with E-state index in [0.29, 0.717) is 0 Å². The molecule has 1 unspecified atom stereocenters. The molecule has 0 spiro atoms. The Kier molecular flexibility index (Phi) is 7.63. The van der Waals surface area contributed by atoms with Gasteiger partial charge in [-0.3, -0.25) is 9.97 Å². The highest BCUT2D eigenvalue weighted by molar-refractivity contribution is 8.02. The summed E-state index contributed by atoms with van der Waals surface area (Å²) < 4.78 is 0. The van der Waals surface area contributed by atoms with Gasteiger partial charge in [0.2, 0.25) is 0 Å². The maximum absolute atomic E-state index is 4.78. The Balaban J connectivity index is 1.19. The van der Waals surface area contributed by atoms with Crippen LogP contribution in [0.3, 0.4) is 0 Å². The van der Waals surface area contributed by atoms with E-state index in [9.17, 15) is 0 Å². The molecule has 6 heteroatoms.